The number of likely N-dealkylation sites (tertiary alicyclic amines) is 1. The molecule has 0 radical (unpaired) electrons. The summed E-state index contributed by atoms with van der Waals surface area (Å²) in [5.41, 5.74) is 0.970. The fourth-order valence-electron chi connectivity index (χ4n) is 3.01. The van der Waals surface area contributed by atoms with Crippen LogP contribution in [-0.4, -0.2) is 36.4 Å². The van der Waals surface area contributed by atoms with E-state index in [-0.39, 0.29) is 5.82 Å². The molecule has 1 atom stereocenters. The van der Waals surface area contributed by atoms with Gasteiger partial charge in [-0.3, -0.25) is 4.99 Å². The highest BCUT2D eigenvalue weighted by atomic mass is 19.1. The number of nitrogens with zero attached hydrogens (tertiary/aromatic N) is 2. The highest BCUT2D eigenvalue weighted by Crippen LogP contribution is 2.23. The molecule has 0 saturated carbocycles. The van der Waals surface area contributed by atoms with Gasteiger partial charge in [0.25, 0.3) is 0 Å². The van der Waals surface area contributed by atoms with Gasteiger partial charge >= 0.3 is 0 Å². The van der Waals surface area contributed by atoms with Gasteiger partial charge in [0.2, 0.25) is 0 Å². The second kappa shape index (κ2) is 5.65. The molecular formula is C16H20FN3. The van der Waals surface area contributed by atoms with Gasteiger partial charge in [-0.05, 0) is 49.2 Å². The van der Waals surface area contributed by atoms with Crippen molar-refractivity contribution in [2.75, 3.05) is 19.6 Å². The molecule has 106 valence electrons. The average Bonchev–Trinajstić information content (AvgIpc) is 2.98. The molecule has 1 aromatic carbocycles. The average molecular weight is 273 g/mol. The maximum absolute atomic E-state index is 12.9. The molecule has 1 aromatic rings. The molecular weight excluding hydrogens is 253 g/mol. The summed E-state index contributed by atoms with van der Waals surface area (Å²) in [6.45, 7) is 6.81. The van der Waals surface area contributed by atoms with Gasteiger partial charge in [-0.2, -0.15) is 0 Å². The lowest BCUT2D eigenvalue weighted by molar-refractivity contribution is 0.217. The summed E-state index contributed by atoms with van der Waals surface area (Å²) in [6, 6.07) is 6.94. The molecule has 2 heterocycles. The van der Waals surface area contributed by atoms with Crippen LogP contribution in [-0.2, 0) is 0 Å². The Morgan fingerprint density at radius 3 is 2.60 bits per heavy atom. The fraction of sp³-hybridized carbons (Fsp3) is 0.438. The molecule has 0 amide bonds. The molecule has 2 aliphatic heterocycles. The summed E-state index contributed by atoms with van der Waals surface area (Å²) < 4.78 is 12.9. The molecule has 0 aromatic heterocycles. The lowest BCUT2D eigenvalue weighted by Gasteiger charge is -2.34. The third kappa shape index (κ3) is 2.69. The minimum Gasteiger partial charge on any atom is -0.378 e. The molecule has 1 N–H and O–H groups in total. The second-order valence-corrected chi connectivity index (χ2v) is 5.50. The maximum atomic E-state index is 12.9. The van der Waals surface area contributed by atoms with Crippen molar-refractivity contribution in [3.05, 3.63) is 48.4 Å². The third-order valence-electron chi connectivity index (χ3n) is 4.29. The summed E-state index contributed by atoms with van der Waals surface area (Å²) in [5.74, 6) is 1.36. The zero-order valence-electron chi connectivity index (χ0n) is 11.6. The zero-order valence-corrected chi connectivity index (χ0v) is 11.6. The van der Waals surface area contributed by atoms with E-state index < -0.39 is 0 Å². The van der Waals surface area contributed by atoms with Gasteiger partial charge in [0.15, 0.2) is 0 Å². The van der Waals surface area contributed by atoms with Gasteiger partial charge in [-0.25, -0.2) is 4.39 Å². The Morgan fingerprint density at radius 1 is 1.25 bits per heavy atom. The number of halogens is 1. The van der Waals surface area contributed by atoms with Crippen LogP contribution in [0.15, 0.2) is 42.0 Å². The van der Waals surface area contributed by atoms with E-state index in [1.165, 1.54) is 25.0 Å². The predicted molar refractivity (Wildman–Crippen MR) is 79.2 cm³/mol. The first kappa shape index (κ1) is 13.2. The van der Waals surface area contributed by atoms with E-state index >= 15 is 0 Å². The Balaban J connectivity index is 1.59. The number of amidine groups is 1. The van der Waals surface area contributed by atoms with Crippen molar-refractivity contribution in [1.29, 1.82) is 0 Å². The van der Waals surface area contributed by atoms with Crippen molar-refractivity contribution in [2.24, 2.45) is 10.9 Å². The fourth-order valence-corrected chi connectivity index (χ4v) is 3.01. The first-order chi connectivity index (χ1) is 9.76. The highest BCUT2D eigenvalue weighted by Gasteiger charge is 2.29. The van der Waals surface area contributed by atoms with Crippen molar-refractivity contribution < 1.29 is 4.39 Å². The molecule has 0 spiro atoms. The zero-order chi connectivity index (χ0) is 13.9. The number of benzene rings is 1. The molecule has 1 fully saturated rings. The molecule has 0 bridgehead atoms. The standard InChI is InChI=1S/C16H20FN3/c1-2-20-9-7-12(8-10-20)15-11-18-16(19-15)13-3-5-14(17)6-4-13/h2-6,12,15H,1,7-11H2,(H,18,19). The normalized spacial score (nSPS) is 23.4. The molecule has 1 saturated heterocycles. The Kier molecular flexibility index (Phi) is 3.72. The van der Waals surface area contributed by atoms with Gasteiger partial charge in [0, 0.05) is 18.7 Å². The smallest absolute Gasteiger partial charge is 0.128 e. The third-order valence-corrected chi connectivity index (χ3v) is 4.29. The van der Waals surface area contributed by atoms with Gasteiger partial charge in [-0.15, -0.1) is 0 Å². The van der Waals surface area contributed by atoms with Crippen molar-refractivity contribution in [2.45, 2.75) is 18.9 Å². The number of piperidine rings is 1. The highest BCUT2D eigenvalue weighted by molar-refractivity contribution is 6.00. The van der Waals surface area contributed by atoms with Crippen LogP contribution < -0.4 is 5.32 Å². The first-order valence-electron chi connectivity index (χ1n) is 7.20. The van der Waals surface area contributed by atoms with Crippen LogP contribution in [0.1, 0.15) is 18.4 Å². The summed E-state index contributed by atoms with van der Waals surface area (Å²) in [5, 5.41) is 3.51. The predicted octanol–water partition coefficient (Wildman–Crippen LogP) is 2.40. The minimum atomic E-state index is -0.208. The van der Waals surface area contributed by atoms with Crippen LogP contribution in [0.2, 0.25) is 0 Å². The summed E-state index contributed by atoms with van der Waals surface area (Å²) in [6.07, 6.45) is 4.28. The van der Waals surface area contributed by atoms with E-state index in [1.54, 1.807) is 12.1 Å². The Hall–Kier alpha value is -1.84. The number of hydrogen-bond donors (Lipinski definition) is 1. The number of aliphatic imine (C=N–C) groups is 1. The monoisotopic (exact) mass is 273 g/mol. The van der Waals surface area contributed by atoms with Gasteiger partial charge in [0.05, 0.1) is 12.6 Å². The summed E-state index contributed by atoms with van der Waals surface area (Å²) >= 11 is 0. The summed E-state index contributed by atoms with van der Waals surface area (Å²) in [7, 11) is 0. The molecule has 20 heavy (non-hydrogen) atoms. The Labute approximate surface area is 119 Å². The quantitative estimate of drug-likeness (QED) is 0.916. The van der Waals surface area contributed by atoms with E-state index in [0.29, 0.717) is 12.0 Å². The van der Waals surface area contributed by atoms with Crippen LogP contribution in [0, 0.1) is 11.7 Å². The van der Waals surface area contributed by atoms with Crippen LogP contribution in [0.4, 0.5) is 4.39 Å². The molecule has 2 aliphatic rings. The van der Waals surface area contributed by atoms with Gasteiger partial charge < -0.3 is 10.2 Å². The molecule has 3 nitrogen and oxygen atoms in total. The topological polar surface area (TPSA) is 27.6 Å². The summed E-state index contributed by atoms with van der Waals surface area (Å²) in [4.78, 5) is 6.85. The van der Waals surface area contributed by atoms with E-state index in [4.69, 9.17) is 0 Å². The van der Waals surface area contributed by atoms with Crippen molar-refractivity contribution in [3.63, 3.8) is 0 Å². The van der Waals surface area contributed by atoms with Gasteiger partial charge in [-0.1, -0.05) is 6.58 Å². The minimum absolute atomic E-state index is 0.208. The molecule has 4 heteroatoms. The van der Waals surface area contributed by atoms with Crippen LogP contribution >= 0.6 is 0 Å². The van der Waals surface area contributed by atoms with Crippen LogP contribution in [0.25, 0.3) is 0 Å². The van der Waals surface area contributed by atoms with E-state index in [9.17, 15) is 4.39 Å². The van der Waals surface area contributed by atoms with Crippen molar-refractivity contribution in [1.82, 2.24) is 10.2 Å². The second-order valence-electron chi connectivity index (χ2n) is 5.50. The molecule has 0 aliphatic carbocycles. The molecule has 3 rings (SSSR count). The van der Waals surface area contributed by atoms with Crippen molar-refractivity contribution >= 4 is 5.84 Å². The SMILES string of the molecule is C=CN1CCC(C2CN=C(c3ccc(F)cc3)N2)CC1. The largest absolute Gasteiger partial charge is 0.378 e. The number of hydrogen-bond acceptors (Lipinski definition) is 3. The maximum Gasteiger partial charge on any atom is 0.128 e. The van der Waals surface area contributed by atoms with E-state index in [0.717, 1.165) is 31.0 Å². The van der Waals surface area contributed by atoms with Gasteiger partial charge in [0.1, 0.15) is 11.7 Å². The lowest BCUT2D eigenvalue weighted by atomic mass is 9.90. The van der Waals surface area contributed by atoms with E-state index in [1.807, 2.05) is 6.20 Å². The van der Waals surface area contributed by atoms with Crippen molar-refractivity contribution in [3.8, 4) is 0 Å². The Bertz CT molecular complexity index is 501. The Morgan fingerprint density at radius 2 is 1.95 bits per heavy atom. The molecule has 1 unspecified atom stereocenters. The van der Waals surface area contributed by atoms with Crippen LogP contribution in [0.3, 0.4) is 0 Å². The first-order valence-corrected chi connectivity index (χ1v) is 7.20. The van der Waals surface area contributed by atoms with E-state index in [2.05, 4.69) is 21.8 Å². The number of rotatable bonds is 3. The lowest BCUT2D eigenvalue weighted by Crippen LogP contribution is -2.42. The number of nitrogens with one attached hydrogen (secondary N) is 1. The van der Waals surface area contributed by atoms with Crippen LogP contribution in [0.5, 0.6) is 0 Å².